The Bertz CT molecular complexity index is 781. The molecule has 0 aromatic heterocycles. The second kappa shape index (κ2) is 9.12. The zero-order valence-electron chi connectivity index (χ0n) is 15.7. The number of piperidine rings is 1. The number of nitrogens with zero attached hydrogens (tertiary/aromatic N) is 1. The number of amides is 1. The van der Waals surface area contributed by atoms with Gasteiger partial charge in [-0.3, -0.25) is 4.79 Å². The Hall–Kier alpha value is -2.95. The summed E-state index contributed by atoms with van der Waals surface area (Å²) in [4.78, 5) is 15.0. The number of hydrogen-bond acceptors (Lipinski definition) is 4. The number of nitrogens with one attached hydrogen (secondary N) is 1. The first-order valence-electron chi connectivity index (χ1n) is 9.29. The van der Waals surface area contributed by atoms with E-state index in [1.807, 2.05) is 12.1 Å². The molecule has 3 rings (SSSR count). The number of anilines is 2. The van der Waals surface area contributed by atoms with Gasteiger partial charge in [0, 0.05) is 30.0 Å². The van der Waals surface area contributed by atoms with Gasteiger partial charge in [0.05, 0.1) is 7.11 Å². The SMILES string of the molecule is C=CCOc1ccc(C(=O)Nc2ccc(N3CCCCC3)cc2)cc1OC. The van der Waals surface area contributed by atoms with Crippen molar-refractivity contribution in [2.24, 2.45) is 0 Å². The standard InChI is InChI=1S/C22H26N2O3/c1-3-15-27-20-12-7-17(16-21(20)26-2)22(25)23-18-8-10-19(11-9-18)24-13-5-4-6-14-24/h3,7-12,16H,1,4-6,13-15H2,2H3,(H,23,25). The van der Waals surface area contributed by atoms with Crippen LogP contribution in [0.25, 0.3) is 0 Å². The van der Waals surface area contributed by atoms with Crippen LogP contribution >= 0.6 is 0 Å². The fourth-order valence-corrected chi connectivity index (χ4v) is 3.19. The molecular weight excluding hydrogens is 340 g/mol. The minimum Gasteiger partial charge on any atom is -0.493 e. The van der Waals surface area contributed by atoms with Crippen molar-refractivity contribution in [2.45, 2.75) is 19.3 Å². The molecule has 27 heavy (non-hydrogen) atoms. The molecule has 0 unspecified atom stereocenters. The Kier molecular flexibility index (Phi) is 6.36. The Morgan fingerprint density at radius 2 is 1.85 bits per heavy atom. The summed E-state index contributed by atoms with van der Waals surface area (Å²) in [6.07, 6.45) is 5.46. The number of benzene rings is 2. The van der Waals surface area contributed by atoms with Crippen LogP contribution in [0.3, 0.4) is 0 Å². The van der Waals surface area contributed by atoms with Crippen LogP contribution in [0.2, 0.25) is 0 Å². The molecule has 1 fully saturated rings. The van der Waals surface area contributed by atoms with Crippen molar-refractivity contribution in [2.75, 3.05) is 37.0 Å². The molecule has 1 aliphatic heterocycles. The zero-order valence-corrected chi connectivity index (χ0v) is 15.7. The molecule has 2 aromatic carbocycles. The van der Waals surface area contributed by atoms with Crippen LogP contribution in [-0.4, -0.2) is 32.7 Å². The molecule has 0 aliphatic carbocycles. The molecule has 1 aliphatic rings. The molecule has 142 valence electrons. The van der Waals surface area contributed by atoms with E-state index in [1.54, 1.807) is 31.4 Å². The predicted molar refractivity (Wildman–Crippen MR) is 109 cm³/mol. The molecule has 2 aromatic rings. The number of methoxy groups -OCH3 is 1. The van der Waals surface area contributed by atoms with E-state index in [0.717, 1.165) is 18.8 Å². The third-order valence-electron chi connectivity index (χ3n) is 4.63. The van der Waals surface area contributed by atoms with Crippen LogP contribution in [0.15, 0.2) is 55.1 Å². The summed E-state index contributed by atoms with van der Waals surface area (Å²) in [7, 11) is 1.55. The van der Waals surface area contributed by atoms with Crippen LogP contribution in [0.1, 0.15) is 29.6 Å². The third kappa shape index (κ3) is 4.82. The molecule has 5 heteroatoms. The number of ether oxygens (including phenoxy) is 2. The van der Waals surface area contributed by atoms with Crippen LogP contribution in [0, 0.1) is 0 Å². The van der Waals surface area contributed by atoms with Crippen molar-refractivity contribution in [3.8, 4) is 11.5 Å². The summed E-state index contributed by atoms with van der Waals surface area (Å²) in [5, 5.41) is 2.93. The summed E-state index contributed by atoms with van der Waals surface area (Å²) in [6.45, 7) is 6.21. The first-order valence-corrected chi connectivity index (χ1v) is 9.29. The summed E-state index contributed by atoms with van der Waals surface area (Å²) < 4.78 is 10.8. The van der Waals surface area contributed by atoms with Gasteiger partial charge in [-0.1, -0.05) is 12.7 Å². The lowest BCUT2D eigenvalue weighted by atomic mass is 10.1. The average molecular weight is 366 g/mol. The second-order valence-electron chi connectivity index (χ2n) is 6.51. The molecule has 0 bridgehead atoms. The smallest absolute Gasteiger partial charge is 0.255 e. The lowest BCUT2D eigenvalue weighted by Crippen LogP contribution is -2.29. The van der Waals surface area contributed by atoms with E-state index < -0.39 is 0 Å². The molecule has 1 saturated heterocycles. The van der Waals surface area contributed by atoms with Crippen LogP contribution in [-0.2, 0) is 0 Å². The first-order chi connectivity index (χ1) is 13.2. The van der Waals surface area contributed by atoms with Gasteiger partial charge in [0.2, 0.25) is 0 Å². The lowest BCUT2D eigenvalue weighted by molar-refractivity contribution is 0.102. The number of hydrogen-bond donors (Lipinski definition) is 1. The molecule has 1 amide bonds. The molecule has 0 atom stereocenters. The third-order valence-corrected chi connectivity index (χ3v) is 4.63. The molecule has 0 spiro atoms. The Labute approximate surface area is 160 Å². The molecule has 0 saturated carbocycles. The molecule has 5 nitrogen and oxygen atoms in total. The summed E-state index contributed by atoms with van der Waals surface area (Å²) >= 11 is 0. The maximum atomic E-state index is 12.6. The van der Waals surface area contributed by atoms with Crippen molar-refractivity contribution in [1.29, 1.82) is 0 Å². The molecule has 1 N–H and O–H groups in total. The zero-order chi connectivity index (χ0) is 19.1. The fraction of sp³-hybridized carbons (Fsp3) is 0.318. The quantitative estimate of drug-likeness (QED) is 0.733. The highest BCUT2D eigenvalue weighted by Gasteiger charge is 2.13. The highest BCUT2D eigenvalue weighted by Crippen LogP contribution is 2.28. The van der Waals surface area contributed by atoms with Gasteiger partial charge in [0.15, 0.2) is 11.5 Å². The molecule has 0 radical (unpaired) electrons. The van der Waals surface area contributed by atoms with Gasteiger partial charge >= 0.3 is 0 Å². The largest absolute Gasteiger partial charge is 0.493 e. The van der Waals surface area contributed by atoms with Crippen molar-refractivity contribution in [3.05, 3.63) is 60.7 Å². The van der Waals surface area contributed by atoms with E-state index in [0.29, 0.717) is 23.7 Å². The first kappa shape index (κ1) is 18.8. The van der Waals surface area contributed by atoms with Crippen LogP contribution < -0.4 is 19.7 Å². The Morgan fingerprint density at radius 1 is 1.11 bits per heavy atom. The van der Waals surface area contributed by atoms with E-state index in [-0.39, 0.29) is 5.91 Å². The summed E-state index contributed by atoms with van der Waals surface area (Å²) in [5.74, 6) is 0.916. The predicted octanol–water partition coefficient (Wildman–Crippen LogP) is 4.50. The topological polar surface area (TPSA) is 50.8 Å². The van der Waals surface area contributed by atoms with Crippen molar-refractivity contribution >= 4 is 17.3 Å². The average Bonchev–Trinajstić information content (AvgIpc) is 2.73. The highest BCUT2D eigenvalue weighted by atomic mass is 16.5. The van der Waals surface area contributed by atoms with Crippen molar-refractivity contribution in [1.82, 2.24) is 0 Å². The maximum Gasteiger partial charge on any atom is 0.255 e. The van der Waals surface area contributed by atoms with Gasteiger partial charge in [-0.25, -0.2) is 0 Å². The van der Waals surface area contributed by atoms with Crippen LogP contribution in [0.5, 0.6) is 11.5 Å². The Morgan fingerprint density at radius 3 is 2.52 bits per heavy atom. The highest BCUT2D eigenvalue weighted by molar-refractivity contribution is 6.04. The number of carbonyl (C=O) groups is 1. The minimum atomic E-state index is -0.186. The van der Waals surface area contributed by atoms with Gasteiger partial charge in [0.25, 0.3) is 5.91 Å². The van der Waals surface area contributed by atoms with Gasteiger partial charge in [-0.2, -0.15) is 0 Å². The monoisotopic (exact) mass is 366 g/mol. The van der Waals surface area contributed by atoms with E-state index >= 15 is 0 Å². The second-order valence-corrected chi connectivity index (χ2v) is 6.51. The normalized spacial score (nSPS) is 13.7. The minimum absolute atomic E-state index is 0.186. The summed E-state index contributed by atoms with van der Waals surface area (Å²) in [5.41, 5.74) is 2.49. The Balaban J connectivity index is 1.66. The van der Waals surface area contributed by atoms with Crippen LogP contribution in [0.4, 0.5) is 11.4 Å². The van der Waals surface area contributed by atoms with Gasteiger partial charge < -0.3 is 19.7 Å². The lowest BCUT2D eigenvalue weighted by Gasteiger charge is -2.28. The van der Waals surface area contributed by atoms with Gasteiger partial charge in [0.1, 0.15) is 6.61 Å². The fourth-order valence-electron chi connectivity index (χ4n) is 3.19. The van der Waals surface area contributed by atoms with Gasteiger partial charge in [-0.05, 0) is 61.7 Å². The molecular formula is C22H26N2O3. The number of carbonyl (C=O) groups excluding carboxylic acids is 1. The summed E-state index contributed by atoms with van der Waals surface area (Å²) in [6, 6.07) is 13.1. The number of rotatable bonds is 7. The van der Waals surface area contributed by atoms with E-state index in [1.165, 1.54) is 24.9 Å². The van der Waals surface area contributed by atoms with Gasteiger partial charge in [-0.15, -0.1) is 0 Å². The van der Waals surface area contributed by atoms with Crippen molar-refractivity contribution < 1.29 is 14.3 Å². The van der Waals surface area contributed by atoms with E-state index in [2.05, 4.69) is 28.9 Å². The van der Waals surface area contributed by atoms with E-state index in [4.69, 9.17) is 9.47 Å². The van der Waals surface area contributed by atoms with E-state index in [9.17, 15) is 4.79 Å². The van der Waals surface area contributed by atoms with Crippen molar-refractivity contribution in [3.63, 3.8) is 0 Å². The molecule has 1 heterocycles. The maximum absolute atomic E-state index is 12.6.